The van der Waals surface area contributed by atoms with Gasteiger partial charge in [0.25, 0.3) is 0 Å². The number of rotatable bonds is 2. The number of carbonyl (C=O) groups is 1. The van der Waals surface area contributed by atoms with Gasteiger partial charge in [0.2, 0.25) is 0 Å². The smallest absolute Gasteiger partial charge is 0.355 e. The van der Waals surface area contributed by atoms with Crippen LogP contribution in [0.5, 0.6) is 0 Å². The molecule has 0 aliphatic heterocycles. The number of aromatic nitrogens is 2. The van der Waals surface area contributed by atoms with E-state index in [0.717, 1.165) is 6.20 Å². The first-order chi connectivity index (χ1) is 5.54. The van der Waals surface area contributed by atoms with Crippen molar-refractivity contribution in [2.75, 3.05) is 0 Å². The molecule has 0 atom stereocenters. The van der Waals surface area contributed by atoms with Crippen LogP contribution in [0.25, 0.3) is 0 Å². The van der Waals surface area contributed by atoms with Crippen molar-refractivity contribution in [1.82, 2.24) is 9.78 Å². The van der Waals surface area contributed by atoms with Crippen LogP contribution in [0.1, 0.15) is 17.0 Å². The van der Waals surface area contributed by atoms with Gasteiger partial charge in [-0.05, 0) is 22.6 Å². The van der Waals surface area contributed by atoms with E-state index in [-0.39, 0.29) is 8.25 Å². The minimum atomic E-state index is -2.92. The molecule has 1 rings (SSSR count). The van der Waals surface area contributed by atoms with Crippen molar-refractivity contribution in [3.05, 3.63) is 15.5 Å². The van der Waals surface area contributed by atoms with Crippen molar-refractivity contribution in [1.29, 1.82) is 0 Å². The Labute approximate surface area is 79.3 Å². The Morgan fingerprint density at radius 2 is 2.33 bits per heavy atom. The average molecular weight is 288 g/mol. The molecule has 1 heterocycles. The molecule has 0 amide bonds. The fourth-order valence-electron chi connectivity index (χ4n) is 0.689. The summed E-state index contributed by atoms with van der Waals surface area (Å²) in [6, 6.07) is 0. The van der Waals surface area contributed by atoms with Crippen molar-refractivity contribution in [3.8, 4) is 0 Å². The van der Waals surface area contributed by atoms with Gasteiger partial charge >= 0.3 is 12.5 Å². The highest BCUT2D eigenvalue weighted by Gasteiger charge is 2.20. The maximum atomic E-state index is 12.0. The Bertz CT molecular complexity index is 312. The summed E-state index contributed by atoms with van der Waals surface area (Å²) in [5, 5.41) is 11.7. The van der Waals surface area contributed by atoms with Gasteiger partial charge in [-0.3, -0.25) is 0 Å². The fourth-order valence-corrected chi connectivity index (χ4v) is 1.29. The van der Waals surface area contributed by atoms with Crippen LogP contribution in [0.2, 0.25) is 0 Å². The third-order valence-electron chi connectivity index (χ3n) is 1.14. The van der Waals surface area contributed by atoms with E-state index < -0.39 is 18.2 Å². The van der Waals surface area contributed by atoms with Crippen LogP contribution in [0.3, 0.4) is 0 Å². The molecule has 0 radical (unpaired) electrons. The topological polar surface area (TPSA) is 55.1 Å². The van der Waals surface area contributed by atoms with Gasteiger partial charge < -0.3 is 5.11 Å². The molecular weight excluding hydrogens is 285 g/mol. The zero-order valence-electron chi connectivity index (χ0n) is 5.54. The van der Waals surface area contributed by atoms with E-state index in [4.69, 9.17) is 5.11 Å². The Morgan fingerprint density at radius 3 is 2.67 bits per heavy atom. The van der Waals surface area contributed by atoms with Crippen molar-refractivity contribution >= 4 is 28.6 Å². The molecule has 1 aromatic rings. The van der Waals surface area contributed by atoms with Crippen molar-refractivity contribution in [2.45, 2.75) is 6.55 Å². The van der Waals surface area contributed by atoms with Crippen LogP contribution < -0.4 is 0 Å². The minimum Gasteiger partial charge on any atom is -0.476 e. The Kier molecular flexibility index (Phi) is 2.60. The lowest BCUT2D eigenvalue weighted by molar-refractivity contribution is 0.0437. The Balaban J connectivity index is 3.21. The molecule has 66 valence electrons. The van der Waals surface area contributed by atoms with E-state index in [2.05, 4.69) is 5.10 Å². The summed E-state index contributed by atoms with van der Waals surface area (Å²) in [6.07, 6.45) is 1.08. The number of hydrogen-bond acceptors (Lipinski definition) is 2. The number of nitrogens with zero attached hydrogens (tertiary/aromatic N) is 2. The van der Waals surface area contributed by atoms with Gasteiger partial charge in [0, 0.05) is 0 Å². The van der Waals surface area contributed by atoms with Crippen LogP contribution >= 0.6 is 22.6 Å². The highest BCUT2D eigenvalue weighted by atomic mass is 127. The standard InChI is InChI=1S/C5H3F2IN2O2/c6-5(7)10-3(4(11)12)2(8)1-9-10/h1,5H,(H,11,12). The lowest BCUT2D eigenvalue weighted by Crippen LogP contribution is -2.11. The quantitative estimate of drug-likeness (QED) is 0.841. The maximum absolute atomic E-state index is 12.0. The Morgan fingerprint density at radius 1 is 1.75 bits per heavy atom. The summed E-state index contributed by atoms with van der Waals surface area (Å²) in [4.78, 5) is 10.4. The van der Waals surface area contributed by atoms with Gasteiger partial charge in [0.1, 0.15) is 0 Å². The minimum absolute atomic E-state index is 0.171. The first kappa shape index (κ1) is 9.36. The third kappa shape index (κ3) is 1.54. The maximum Gasteiger partial charge on any atom is 0.355 e. The summed E-state index contributed by atoms with van der Waals surface area (Å²) in [7, 11) is 0. The summed E-state index contributed by atoms with van der Waals surface area (Å²) < 4.78 is 24.4. The van der Waals surface area contributed by atoms with Crippen LogP contribution in [-0.4, -0.2) is 20.9 Å². The number of carboxylic acid groups (broad SMARTS) is 1. The van der Waals surface area contributed by atoms with Crippen molar-refractivity contribution < 1.29 is 18.7 Å². The second kappa shape index (κ2) is 3.33. The fraction of sp³-hybridized carbons (Fsp3) is 0.200. The first-order valence-electron chi connectivity index (χ1n) is 2.78. The van der Waals surface area contributed by atoms with Gasteiger partial charge in [-0.1, -0.05) is 0 Å². The molecule has 0 saturated heterocycles. The van der Waals surface area contributed by atoms with Crippen LogP contribution in [0.4, 0.5) is 8.78 Å². The average Bonchev–Trinajstić information content (AvgIpc) is 2.30. The van der Waals surface area contributed by atoms with Gasteiger partial charge in [-0.15, -0.1) is 0 Å². The molecule has 0 aromatic carbocycles. The molecule has 0 unspecified atom stereocenters. The van der Waals surface area contributed by atoms with E-state index in [0.29, 0.717) is 0 Å². The predicted molar refractivity (Wildman–Crippen MR) is 43.2 cm³/mol. The molecule has 7 heteroatoms. The number of hydrogen-bond donors (Lipinski definition) is 1. The number of aromatic carboxylic acids is 1. The molecule has 12 heavy (non-hydrogen) atoms. The van der Waals surface area contributed by atoms with Crippen LogP contribution in [-0.2, 0) is 0 Å². The molecule has 4 nitrogen and oxygen atoms in total. The van der Waals surface area contributed by atoms with Crippen molar-refractivity contribution in [3.63, 3.8) is 0 Å². The number of carboxylic acids is 1. The largest absolute Gasteiger partial charge is 0.476 e. The first-order valence-corrected chi connectivity index (χ1v) is 3.86. The number of alkyl halides is 2. The zero-order chi connectivity index (χ0) is 9.30. The molecule has 0 spiro atoms. The van der Waals surface area contributed by atoms with E-state index in [9.17, 15) is 13.6 Å². The normalized spacial score (nSPS) is 10.7. The summed E-state index contributed by atoms with van der Waals surface area (Å²) >= 11 is 1.63. The lowest BCUT2D eigenvalue weighted by atomic mass is 10.4. The van der Waals surface area contributed by atoms with E-state index in [1.165, 1.54) is 0 Å². The molecule has 0 aliphatic carbocycles. The number of halogens is 3. The zero-order valence-corrected chi connectivity index (χ0v) is 7.70. The van der Waals surface area contributed by atoms with E-state index in [1.807, 2.05) is 0 Å². The second-order valence-electron chi connectivity index (χ2n) is 1.87. The SMILES string of the molecule is O=C(O)c1c(I)cnn1C(F)F. The summed E-state index contributed by atoms with van der Waals surface area (Å²) in [5.41, 5.74) is -0.481. The van der Waals surface area contributed by atoms with Gasteiger partial charge in [0.15, 0.2) is 5.69 Å². The molecule has 1 aromatic heterocycles. The highest BCUT2D eigenvalue weighted by molar-refractivity contribution is 14.1. The lowest BCUT2D eigenvalue weighted by Gasteiger charge is -2.00. The van der Waals surface area contributed by atoms with E-state index >= 15 is 0 Å². The third-order valence-corrected chi connectivity index (χ3v) is 1.93. The summed E-state index contributed by atoms with van der Waals surface area (Å²) in [5.74, 6) is -1.41. The molecule has 0 aliphatic rings. The van der Waals surface area contributed by atoms with Gasteiger partial charge in [-0.2, -0.15) is 18.6 Å². The molecule has 0 saturated carbocycles. The van der Waals surface area contributed by atoms with Crippen molar-refractivity contribution in [2.24, 2.45) is 0 Å². The van der Waals surface area contributed by atoms with Gasteiger partial charge in [0.05, 0.1) is 9.77 Å². The van der Waals surface area contributed by atoms with Crippen LogP contribution in [0.15, 0.2) is 6.20 Å². The summed E-state index contributed by atoms with van der Waals surface area (Å²) in [6.45, 7) is -2.92. The molecule has 1 N–H and O–H groups in total. The Hall–Kier alpha value is -0.730. The monoisotopic (exact) mass is 288 g/mol. The predicted octanol–water partition coefficient (Wildman–Crippen LogP) is 1.58. The molecule has 0 fully saturated rings. The van der Waals surface area contributed by atoms with Gasteiger partial charge in [-0.25, -0.2) is 4.79 Å². The highest BCUT2D eigenvalue weighted by Crippen LogP contribution is 2.17. The second-order valence-corrected chi connectivity index (χ2v) is 3.03. The van der Waals surface area contributed by atoms with E-state index in [1.54, 1.807) is 22.6 Å². The van der Waals surface area contributed by atoms with Crippen LogP contribution in [0, 0.1) is 3.57 Å². The molecule has 0 bridgehead atoms. The molecular formula is C5H3F2IN2O2.